The minimum absolute atomic E-state index is 0.346. The summed E-state index contributed by atoms with van der Waals surface area (Å²) in [5.41, 5.74) is 0.702. The number of carbonyl (C=O) groups excluding carboxylic acids is 1. The zero-order valence-electron chi connectivity index (χ0n) is 17.9. The highest BCUT2D eigenvalue weighted by molar-refractivity contribution is 8.14. The molecular formula is C24H19F3N2O3S. The van der Waals surface area contributed by atoms with E-state index in [0.717, 1.165) is 17.1 Å². The second-order valence-corrected chi connectivity index (χ2v) is 8.29. The molecule has 0 unspecified atom stereocenters. The van der Waals surface area contributed by atoms with Crippen LogP contribution in [-0.4, -0.2) is 30.2 Å². The number of benzene rings is 3. The Kier molecular flexibility index (Phi) is 6.33. The van der Waals surface area contributed by atoms with Crippen molar-refractivity contribution < 1.29 is 27.4 Å². The Bertz CT molecular complexity index is 1230. The molecular weight excluding hydrogens is 453 g/mol. The fourth-order valence-corrected chi connectivity index (χ4v) is 4.69. The van der Waals surface area contributed by atoms with Crippen molar-refractivity contribution in [2.75, 3.05) is 14.2 Å². The van der Waals surface area contributed by atoms with E-state index in [0.29, 0.717) is 33.2 Å². The van der Waals surface area contributed by atoms with Crippen LogP contribution in [0.2, 0.25) is 0 Å². The van der Waals surface area contributed by atoms with E-state index in [4.69, 9.17) is 9.47 Å². The number of halogens is 3. The van der Waals surface area contributed by atoms with Gasteiger partial charge in [-0.3, -0.25) is 4.79 Å². The molecule has 0 N–H and O–H groups in total. The number of hydrogen-bond donors (Lipinski definition) is 0. The predicted octanol–water partition coefficient (Wildman–Crippen LogP) is 5.68. The summed E-state index contributed by atoms with van der Waals surface area (Å²) in [7, 11) is 2.93. The lowest BCUT2D eigenvalue weighted by molar-refractivity contribution is 0.0737. The fraction of sp³-hybridized carbons (Fsp3) is 0.167. The van der Waals surface area contributed by atoms with E-state index >= 15 is 0 Å². The van der Waals surface area contributed by atoms with Crippen LogP contribution in [0.5, 0.6) is 11.5 Å². The van der Waals surface area contributed by atoms with Gasteiger partial charge in [-0.2, -0.15) is 5.10 Å². The van der Waals surface area contributed by atoms with Gasteiger partial charge in [0.25, 0.3) is 5.91 Å². The highest BCUT2D eigenvalue weighted by atomic mass is 32.2. The van der Waals surface area contributed by atoms with Gasteiger partial charge in [-0.25, -0.2) is 18.2 Å². The van der Waals surface area contributed by atoms with Crippen molar-refractivity contribution >= 4 is 22.7 Å². The molecule has 170 valence electrons. The Balaban J connectivity index is 1.84. The van der Waals surface area contributed by atoms with Gasteiger partial charge in [0.2, 0.25) is 0 Å². The molecule has 0 radical (unpaired) electrons. The summed E-state index contributed by atoms with van der Waals surface area (Å²) in [6.07, 6.45) is 0. The number of hydrogen-bond acceptors (Lipinski definition) is 5. The number of thioether (sulfide) groups is 1. The summed E-state index contributed by atoms with van der Waals surface area (Å²) in [5.74, 6) is -2.57. The average Bonchev–Trinajstić information content (AvgIpc) is 3.23. The van der Waals surface area contributed by atoms with Gasteiger partial charge in [-0.15, -0.1) is 0 Å². The van der Waals surface area contributed by atoms with Crippen LogP contribution in [0.1, 0.15) is 32.4 Å². The molecule has 1 aliphatic rings. The minimum Gasteiger partial charge on any atom is -0.493 e. The first-order valence-electron chi connectivity index (χ1n) is 9.85. The van der Waals surface area contributed by atoms with E-state index in [1.165, 1.54) is 57.2 Å². The van der Waals surface area contributed by atoms with Crippen LogP contribution in [0.25, 0.3) is 0 Å². The first kappa shape index (κ1) is 22.7. The van der Waals surface area contributed by atoms with Crippen LogP contribution in [0.3, 0.4) is 0 Å². The van der Waals surface area contributed by atoms with Crippen LogP contribution in [0.15, 0.2) is 59.7 Å². The zero-order chi connectivity index (χ0) is 23.7. The smallest absolute Gasteiger partial charge is 0.281 e. The van der Waals surface area contributed by atoms with E-state index < -0.39 is 34.3 Å². The second-order valence-electron chi connectivity index (χ2n) is 7.22. The molecule has 9 heteroatoms. The van der Waals surface area contributed by atoms with Crippen molar-refractivity contribution in [2.45, 2.75) is 12.3 Å². The van der Waals surface area contributed by atoms with Gasteiger partial charge in [0.05, 0.1) is 14.2 Å². The summed E-state index contributed by atoms with van der Waals surface area (Å²) in [6.45, 7) is 1.53. The van der Waals surface area contributed by atoms with E-state index in [2.05, 4.69) is 5.10 Å². The highest BCUT2D eigenvalue weighted by Gasteiger charge is 2.38. The van der Waals surface area contributed by atoms with Gasteiger partial charge in [0.15, 0.2) is 11.5 Å². The monoisotopic (exact) mass is 472 g/mol. The number of rotatable bonds is 5. The number of hydrazone groups is 1. The Labute approximate surface area is 192 Å². The Morgan fingerprint density at radius 1 is 1.00 bits per heavy atom. The average molecular weight is 472 g/mol. The van der Waals surface area contributed by atoms with Gasteiger partial charge in [-0.05, 0) is 55.0 Å². The SMILES string of the molecule is COc1cccc([C@H]2SC(c3ccc(F)cc3)=NN2C(=O)c2c(F)cc(C)cc2F)c1OC. The van der Waals surface area contributed by atoms with E-state index in [1.807, 2.05) is 0 Å². The molecule has 0 saturated heterocycles. The molecule has 3 aromatic rings. The van der Waals surface area contributed by atoms with Crippen LogP contribution >= 0.6 is 11.8 Å². The summed E-state index contributed by atoms with van der Waals surface area (Å²) in [5, 5.41) is 4.94. The van der Waals surface area contributed by atoms with Crippen molar-refractivity contribution in [1.82, 2.24) is 5.01 Å². The topological polar surface area (TPSA) is 51.1 Å². The van der Waals surface area contributed by atoms with Crippen molar-refractivity contribution in [3.8, 4) is 11.5 Å². The molecule has 4 rings (SSSR count). The summed E-state index contributed by atoms with van der Waals surface area (Å²) in [6, 6.07) is 12.9. The maximum atomic E-state index is 14.6. The summed E-state index contributed by atoms with van der Waals surface area (Å²) >= 11 is 1.17. The van der Waals surface area contributed by atoms with Gasteiger partial charge in [0.1, 0.15) is 33.4 Å². The number of amides is 1. The normalized spacial score (nSPS) is 15.4. The molecule has 5 nitrogen and oxygen atoms in total. The standard InChI is InChI=1S/C24H19F3N2O3S/c1-13-11-17(26)20(18(27)12-13)23(30)29-24(16-5-4-6-19(31-2)21(16)32-3)33-22(28-29)14-7-9-15(25)10-8-14/h4-12,24H,1-3H3/t24-/m1/s1. The molecule has 3 aromatic carbocycles. The maximum Gasteiger partial charge on any atom is 0.281 e. The van der Waals surface area contributed by atoms with Crippen LogP contribution in [0.4, 0.5) is 13.2 Å². The first-order chi connectivity index (χ1) is 15.8. The molecule has 0 spiro atoms. The maximum absolute atomic E-state index is 14.6. The van der Waals surface area contributed by atoms with Crippen molar-refractivity contribution in [2.24, 2.45) is 5.10 Å². The zero-order valence-corrected chi connectivity index (χ0v) is 18.8. The number of nitrogens with zero attached hydrogens (tertiary/aromatic N) is 2. The molecule has 0 aromatic heterocycles. The fourth-order valence-electron chi connectivity index (χ4n) is 3.52. The summed E-state index contributed by atoms with van der Waals surface area (Å²) in [4.78, 5) is 13.4. The van der Waals surface area contributed by atoms with Crippen LogP contribution in [-0.2, 0) is 0 Å². The molecule has 0 saturated carbocycles. The molecule has 1 atom stereocenters. The third-order valence-electron chi connectivity index (χ3n) is 5.04. The first-order valence-corrected chi connectivity index (χ1v) is 10.7. The lowest BCUT2D eigenvalue weighted by Crippen LogP contribution is -2.28. The molecule has 0 bridgehead atoms. The van der Waals surface area contributed by atoms with Gasteiger partial charge in [0, 0.05) is 11.1 Å². The molecule has 33 heavy (non-hydrogen) atoms. The van der Waals surface area contributed by atoms with Crippen LogP contribution < -0.4 is 9.47 Å². The van der Waals surface area contributed by atoms with Crippen molar-refractivity contribution in [3.05, 3.63) is 94.3 Å². The molecule has 1 aliphatic heterocycles. The number of para-hydroxylation sites is 1. The highest BCUT2D eigenvalue weighted by Crippen LogP contribution is 2.47. The number of methoxy groups -OCH3 is 2. The quantitative estimate of drug-likeness (QED) is 0.480. The number of carbonyl (C=O) groups is 1. The minimum atomic E-state index is -0.982. The summed E-state index contributed by atoms with van der Waals surface area (Å²) < 4.78 is 53.6. The van der Waals surface area contributed by atoms with Gasteiger partial charge in [-0.1, -0.05) is 23.9 Å². The number of ether oxygens (including phenoxy) is 2. The third-order valence-corrected chi connectivity index (χ3v) is 6.26. The van der Waals surface area contributed by atoms with E-state index in [1.54, 1.807) is 18.2 Å². The van der Waals surface area contributed by atoms with Gasteiger partial charge < -0.3 is 9.47 Å². The van der Waals surface area contributed by atoms with Crippen molar-refractivity contribution in [1.29, 1.82) is 0 Å². The predicted molar refractivity (Wildman–Crippen MR) is 120 cm³/mol. The molecule has 1 amide bonds. The molecule has 0 fully saturated rings. The number of aryl methyl sites for hydroxylation is 1. The van der Waals surface area contributed by atoms with E-state index in [-0.39, 0.29) is 0 Å². The molecule has 1 heterocycles. The molecule has 0 aliphatic carbocycles. The van der Waals surface area contributed by atoms with E-state index in [9.17, 15) is 18.0 Å². The second kappa shape index (κ2) is 9.19. The Hall–Kier alpha value is -3.46. The lowest BCUT2D eigenvalue weighted by Gasteiger charge is -2.24. The van der Waals surface area contributed by atoms with Crippen molar-refractivity contribution in [3.63, 3.8) is 0 Å². The van der Waals surface area contributed by atoms with Crippen LogP contribution in [0, 0.1) is 24.4 Å². The third kappa shape index (κ3) is 4.28. The Morgan fingerprint density at radius 2 is 1.67 bits per heavy atom. The largest absolute Gasteiger partial charge is 0.493 e. The Morgan fingerprint density at radius 3 is 2.27 bits per heavy atom. The van der Waals surface area contributed by atoms with Gasteiger partial charge >= 0.3 is 0 Å². The lowest BCUT2D eigenvalue weighted by atomic mass is 10.1.